The van der Waals surface area contributed by atoms with Crippen molar-refractivity contribution in [2.24, 2.45) is 0 Å². The van der Waals surface area contributed by atoms with Gasteiger partial charge in [0.15, 0.2) is 0 Å². The van der Waals surface area contributed by atoms with E-state index in [0.29, 0.717) is 16.9 Å². The van der Waals surface area contributed by atoms with Crippen LogP contribution in [0.3, 0.4) is 0 Å². The van der Waals surface area contributed by atoms with E-state index < -0.39 is 0 Å². The first-order valence-electron chi connectivity index (χ1n) is 5.68. The van der Waals surface area contributed by atoms with Crippen LogP contribution in [-0.4, -0.2) is 51.9 Å². The second-order valence-electron chi connectivity index (χ2n) is 4.16. The van der Waals surface area contributed by atoms with E-state index in [1.54, 1.807) is 21.1 Å². The molecule has 8 nitrogen and oxygen atoms in total. The largest absolute Gasteiger partial charge is 0.463 e. The lowest BCUT2D eigenvalue weighted by Gasteiger charge is -2.18. The molecule has 2 amide bonds. The van der Waals surface area contributed by atoms with E-state index in [0.717, 1.165) is 10.6 Å². The summed E-state index contributed by atoms with van der Waals surface area (Å²) < 4.78 is 9.36. The molecule has 0 saturated heterocycles. The number of carbonyl (C=O) groups is 1. The van der Waals surface area contributed by atoms with E-state index in [4.69, 9.17) is 4.74 Å². The zero-order valence-electron chi connectivity index (χ0n) is 11.5. The molecule has 0 aliphatic heterocycles. The standard InChI is InChI=1S/C10H14N6O2S2/c1-6-7(20-14-11-6)5-18-9-13-12-8(19-9)16(4)10(17)15(2)3/h5H2,1-4H3. The molecule has 0 unspecified atom stereocenters. The quantitative estimate of drug-likeness (QED) is 0.848. The van der Waals surface area contributed by atoms with Crippen LogP contribution in [0.5, 0.6) is 5.19 Å². The number of anilines is 1. The number of urea groups is 1. The second-order valence-corrected chi connectivity index (χ2v) is 5.91. The van der Waals surface area contributed by atoms with Crippen molar-refractivity contribution < 1.29 is 9.53 Å². The predicted molar refractivity (Wildman–Crippen MR) is 76.4 cm³/mol. The summed E-state index contributed by atoms with van der Waals surface area (Å²) >= 11 is 2.50. The summed E-state index contributed by atoms with van der Waals surface area (Å²) in [6, 6.07) is -0.171. The molecule has 20 heavy (non-hydrogen) atoms. The Bertz CT molecular complexity index is 596. The maximum absolute atomic E-state index is 11.8. The molecule has 0 atom stereocenters. The summed E-state index contributed by atoms with van der Waals surface area (Å²) in [4.78, 5) is 15.6. The van der Waals surface area contributed by atoms with Gasteiger partial charge in [-0.25, -0.2) is 4.79 Å². The Balaban J connectivity index is 1.99. The average Bonchev–Trinajstić information content (AvgIpc) is 3.03. The van der Waals surface area contributed by atoms with Gasteiger partial charge in [-0.15, -0.1) is 10.2 Å². The smallest absolute Gasteiger partial charge is 0.325 e. The van der Waals surface area contributed by atoms with E-state index in [9.17, 15) is 4.79 Å². The SMILES string of the molecule is Cc1nnsc1COc1nnc(N(C)C(=O)N(C)C)s1. The van der Waals surface area contributed by atoms with Crippen LogP contribution in [0.15, 0.2) is 0 Å². The predicted octanol–water partition coefficient (Wildman–Crippen LogP) is 1.39. The molecule has 2 heterocycles. The Kier molecular flexibility index (Phi) is 4.45. The summed E-state index contributed by atoms with van der Waals surface area (Å²) in [7, 11) is 5.00. The van der Waals surface area contributed by atoms with Crippen molar-refractivity contribution in [3.8, 4) is 5.19 Å². The fourth-order valence-corrected chi connectivity index (χ4v) is 2.49. The van der Waals surface area contributed by atoms with Gasteiger partial charge < -0.3 is 9.64 Å². The third-order valence-electron chi connectivity index (χ3n) is 2.42. The van der Waals surface area contributed by atoms with Crippen LogP contribution in [0.2, 0.25) is 0 Å². The molecule has 2 aromatic heterocycles. The summed E-state index contributed by atoms with van der Waals surface area (Å²) in [6.45, 7) is 2.22. The number of hydrogen-bond acceptors (Lipinski definition) is 8. The minimum Gasteiger partial charge on any atom is -0.463 e. The fraction of sp³-hybridized carbons (Fsp3) is 0.500. The second kappa shape index (κ2) is 6.09. The molecule has 0 aliphatic carbocycles. The van der Waals surface area contributed by atoms with Gasteiger partial charge in [0.1, 0.15) is 6.61 Å². The molecular formula is C10H14N6O2S2. The molecule has 0 spiro atoms. The van der Waals surface area contributed by atoms with Gasteiger partial charge in [-0.3, -0.25) is 4.90 Å². The summed E-state index contributed by atoms with van der Waals surface area (Å²) in [6.07, 6.45) is 0. The van der Waals surface area contributed by atoms with Gasteiger partial charge in [0.2, 0.25) is 5.13 Å². The van der Waals surface area contributed by atoms with Crippen molar-refractivity contribution in [3.63, 3.8) is 0 Å². The minimum atomic E-state index is -0.171. The molecule has 0 bridgehead atoms. The molecule has 0 aliphatic rings. The topological polar surface area (TPSA) is 84.3 Å². The van der Waals surface area contributed by atoms with Gasteiger partial charge in [0.05, 0.1) is 10.6 Å². The fourth-order valence-electron chi connectivity index (χ4n) is 1.29. The highest BCUT2D eigenvalue weighted by molar-refractivity contribution is 7.17. The average molecular weight is 314 g/mol. The molecular weight excluding hydrogens is 300 g/mol. The van der Waals surface area contributed by atoms with Gasteiger partial charge in [0, 0.05) is 21.1 Å². The first-order valence-corrected chi connectivity index (χ1v) is 7.27. The summed E-state index contributed by atoms with van der Waals surface area (Å²) in [5.74, 6) is 0. The number of rotatable bonds is 4. The minimum absolute atomic E-state index is 0.171. The molecule has 0 aromatic carbocycles. The van der Waals surface area contributed by atoms with Crippen LogP contribution in [0, 0.1) is 6.92 Å². The van der Waals surface area contributed by atoms with Crippen LogP contribution in [0.25, 0.3) is 0 Å². The molecule has 10 heteroatoms. The Morgan fingerprint density at radius 2 is 2.00 bits per heavy atom. The molecule has 0 radical (unpaired) electrons. The number of ether oxygens (including phenoxy) is 1. The van der Waals surface area contributed by atoms with Crippen LogP contribution >= 0.6 is 22.9 Å². The molecule has 0 N–H and O–H groups in total. The zero-order valence-corrected chi connectivity index (χ0v) is 13.2. The number of amides is 2. The number of carbonyl (C=O) groups excluding carboxylic acids is 1. The van der Waals surface area contributed by atoms with Gasteiger partial charge >= 0.3 is 6.03 Å². The maximum Gasteiger partial charge on any atom is 0.325 e. The van der Waals surface area contributed by atoms with Crippen LogP contribution in [-0.2, 0) is 6.61 Å². The molecule has 2 aromatic rings. The number of nitrogens with zero attached hydrogens (tertiary/aromatic N) is 6. The van der Waals surface area contributed by atoms with E-state index in [2.05, 4.69) is 19.8 Å². The molecule has 0 saturated carbocycles. The highest BCUT2D eigenvalue weighted by atomic mass is 32.1. The van der Waals surface area contributed by atoms with Gasteiger partial charge in [-0.1, -0.05) is 9.59 Å². The number of aromatic nitrogens is 4. The molecule has 108 valence electrons. The lowest BCUT2D eigenvalue weighted by molar-refractivity contribution is 0.225. The Morgan fingerprint density at radius 1 is 1.25 bits per heavy atom. The highest BCUT2D eigenvalue weighted by Gasteiger charge is 2.18. The van der Waals surface area contributed by atoms with Gasteiger partial charge in [-0.2, -0.15) is 0 Å². The van der Waals surface area contributed by atoms with Gasteiger partial charge in [0.25, 0.3) is 5.19 Å². The van der Waals surface area contributed by atoms with Crippen molar-refractivity contribution >= 4 is 34.0 Å². The zero-order chi connectivity index (χ0) is 14.7. The van der Waals surface area contributed by atoms with Crippen LogP contribution in [0.4, 0.5) is 9.93 Å². The lowest BCUT2D eigenvalue weighted by atomic mass is 10.4. The highest BCUT2D eigenvalue weighted by Crippen LogP contribution is 2.26. The Morgan fingerprint density at radius 3 is 2.60 bits per heavy atom. The monoisotopic (exact) mass is 314 g/mol. The van der Waals surface area contributed by atoms with Crippen molar-refractivity contribution in [3.05, 3.63) is 10.6 Å². The van der Waals surface area contributed by atoms with Crippen molar-refractivity contribution in [1.29, 1.82) is 0 Å². The van der Waals surface area contributed by atoms with Crippen LogP contribution in [0.1, 0.15) is 10.6 Å². The van der Waals surface area contributed by atoms with E-state index >= 15 is 0 Å². The van der Waals surface area contributed by atoms with Crippen molar-refractivity contribution in [1.82, 2.24) is 24.7 Å². The lowest BCUT2D eigenvalue weighted by Crippen LogP contribution is -2.36. The van der Waals surface area contributed by atoms with Crippen molar-refractivity contribution in [2.45, 2.75) is 13.5 Å². The van der Waals surface area contributed by atoms with E-state index in [1.807, 2.05) is 6.92 Å². The van der Waals surface area contributed by atoms with E-state index in [1.165, 1.54) is 32.7 Å². The first-order chi connectivity index (χ1) is 9.49. The first kappa shape index (κ1) is 14.6. The maximum atomic E-state index is 11.8. The Labute approximate surface area is 124 Å². The third kappa shape index (κ3) is 3.20. The molecule has 2 rings (SSSR count). The van der Waals surface area contributed by atoms with Crippen molar-refractivity contribution in [2.75, 3.05) is 26.0 Å². The van der Waals surface area contributed by atoms with E-state index in [-0.39, 0.29) is 6.03 Å². The molecule has 0 fully saturated rings. The summed E-state index contributed by atoms with van der Waals surface area (Å²) in [5, 5.41) is 12.6. The normalized spacial score (nSPS) is 10.4. The number of aryl methyl sites for hydroxylation is 1. The third-order valence-corrected chi connectivity index (χ3v) is 4.13. The van der Waals surface area contributed by atoms with Crippen LogP contribution < -0.4 is 9.64 Å². The Hall–Kier alpha value is -1.81. The van der Waals surface area contributed by atoms with Gasteiger partial charge in [-0.05, 0) is 29.8 Å². The summed E-state index contributed by atoms with van der Waals surface area (Å²) in [5.41, 5.74) is 0.847. The number of hydrogen-bond donors (Lipinski definition) is 0.